The van der Waals surface area contributed by atoms with Crippen molar-refractivity contribution in [3.05, 3.63) is 24.8 Å². The standard InChI is InChI=1S/C26H40N7O19P3S/c1-26(2,21(39)24(40)29-7-6-15(34)28-8-9-56-17(37)5-3-4-16(35)36)11-49-55(46,47)52-54(44,45)48-10-14-20(51-53(41,42)43)19(38)25(50-14)33-13-32-18-22(27)30-12-31-23(18)33/h3,5,12-14,19-21,25,38-39H,4,6-11H2,1-2H3,(H,28,34)(H,29,40)(H,35,36)(H,44,45)(H,46,47)(H2,27,30,31)(H2,41,42,43)/p-5/b5-3+/t14-,19-,20-,21+,25-/m1/s1. The van der Waals surface area contributed by atoms with Crippen molar-refractivity contribution in [3.8, 4) is 0 Å². The van der Waals surface area contributed by atoms with Gasteiger partial charge in [0, 0.05) is 43.1 Å². The maximum atomic E-state index is 12.5. The molecule has 2 amide bonds. The van der Waals surface area contributed by atoms with E-state index >= 15 is 0 Å². The number of nitrogens with zero attached hydrogens (tertiary/aromatic N) is 4. The third kappa shape index (κ3) is 14.6. The molecule has 0 spiro atoms. The summed E-state index contributed by atoms with van der Waals surface area (Å²) in [6.07, 6.45) is -6.05. The molecule has 2 aromatic heterocycles. The molecule has 0 radical (unpaired) electrons. The minimum absolute atomic E-state index is 0.0313. The van der Waals surface area contributed by atoms with Gasteiger partial charge in [-0.25, -0.2) is 19.3 Å². The largest absolute Gasteiger partial charge is 0.790 e. The number of carbonyl (C=O) groups is 4. The van der Waals surface area contributed by atoms with Crippen molar-refractivity contribution in [2.75, 3.05) is 37.8 Å². The van der Waals surface area contributed by atoms with Gasteiger partial charge in [-0.1, -0.05) is 31.7 Å². The molecule has 26 nitrogen and oxygen atoms in total. The van der Waals surface area contributed by atoms with E-state index in [9.17, 15) is 67.8 Å². The van der Waals surface area contributed by atoms with Crippen LogP contribution in [0.5, 0.6) is 0 Å². The number of nitrogens with two attached hydrogens (primary N) is 1. The van der Waals surface area contributed by atoms with E-state index in [0.29, 0.717) is 0 Å². The van der Waals surface area contributed by atoms with Crippen molar-refractivity contribution in [2.24, 2.45) is 5.41 Å². The highest BCUT2D eigenvalue weighted by Crippen LogP contribution is 2.56. The fraction of sp³-hybridized carbons (Fsp3) is 0.577. The van der Waals surface area contributed by atoms with Crippen LogP contribution in [-0.2, 0) is 55.5 Å². The number of ether oxygens (including phenoxy) is 1. The van der Waals surface area contributed by atoms with Gasteiger partial charge in [0.25, 0.3) is 15.6 Å². The number of aliphatic hydroxyl groups excluding tert-OH is 2. The summed E-state index contributed by atoms with van der Waals surface area (Å²) in [5.74, 6) is -2.89. The van der Waals surface area contributed by atoms with E-state index in [0.717, 1.165) is 55.0 Å². The third-order valence-electron chi connectivity index (χ3n) is 7.26. The molecular weight excluding hydrogens is 839 g/mol. The van der Waals surface area contributed by atoms with E-state index in [4.69, 9.17) is 10.5 Å². The van der Waals surface area contributed by atoms with E-state index in [-0.39, 0.29) is 42.2 Å². The molecule has 2 aromatic rings. The lowest BCUT2D eigenvalue weighted by molar-refractivity contribution is -0.347. The number of carboxylic acid groups (broad SMARTS) is 1. The molecule has 6 N–H and O–H groups in total. The lowest BCUT2D eigenvalue weighted by Crippen LogP contribution is -2.46. The molecule has 7 atom stereocenters. The molecular formula is C26H35N7O19P3S-5. The summed E-state index contributed by atoms with van der Waals surface area (Å²) < 4.78 is 60.3. The molecule has 314 valence electrons. The molecule has 0 bridgehead atoms. The predicted molar refractivity (Wildman–Crippen MR) is 177 cm³/mol. The van der Waals surface area contributed by atoms with E-state index in [1.54, 1.807) is 0 Å². The first-order valence-corrected chi connectivity index (χ1v) is 21.1. The minimum Gasteiger partial charge on any atom is -0.790 e. The summed E-state index contributed by atoms with van der Waals surface area (Å²) in [4.78, 5) is 106. The van der Waals surface area contributed by atoms with Crippen molar-refractivity contribution in [1.29, 1.82) is 0 Å². The summed E-state index contributed by atoms with van der Waals surface area (Å²) in [6, 6.07) is 0. The van der Waals surface area contributed by atoms with Crippen LogP contribution >= 0.6 is 35.2 Å². The maximum Gasteiger partial charge on any atom is 0.274 e. The number of hydrogen-bond donors (Lipinski definition) is 5. The van der Waals surface area contributed by atoms with Crippen LogP contribution in [-0.4, -0.2) is 109 Å². The highest BCUT2D eigenvalue weighted by molar-refractivity contribution is 8.14. The van der Waals surface area contributed by atoms with Gasteiger partial charge in [0.2, 0.25) is 16.9 Å². The fourth-order valence-corrected chi connectivity index (χ4v) is 7.89. The number of aromatic nitrogens is 4. The molecule has 1 aliphatic heterocycles. The molecule has 2 unspecified atom stereocenters. The zero-order chi connectivity index (χ0) is 42.1. The van der Waals surface area contributed by atoms with E-state index in [2.05, 4.69) is 43.5 Å². The zero-order valence-corrected chi connectivity index (χ0v) is 32.6. The second-order valence-electron chi connectivity index (χ2n) is 12.1. The Balaban J connectivity index is 1.48. The van der Waals surface area contributed by atoms with Crippen LogP contribution < -0.4 is 41.0 Å². The second kappa shape index (κ2) is 20.0. The van der Waals surface area contributed by atoms with Crippen molar-refractivity contribution in [2.45, 2.75) is 57.3 Å². The number of phosphoric ester groups is 3. The normalized spacial score (nSPS) is 21.7. The number of hydrogen-bond acceptors (Lipinski definition) is 24. The molecule has 0 saturated carbocycles. The smallest absolute Gasteiger partial charge is 0.274 e. The van der Waals surface area contributed by atoms with Gasteiger partial charge in [0.1, 0.15) is 36.3 Å². The van der Waals surface area contributed by atoms with Crippen LogP contribution in [0.4, 0.5) is 5.82 Å². The molecule has 30 heteroatoms. The van der Waals surface area contributed by atoms with E-state index in [1.165, 1.54) is 0 Å². The Hall–Kier alpha value is -3.23. The SMILES string of the molecule is CC(C)(COP(=O)([O-])OP(=O)([O-])OC[C@H]1O[C@@H](n2cnc3c(N)ncnc32)[C@H](O)[C@@H]1OP(=O)([O-])[O-])[C@@H](O)C(=O)NCCC(=O)NCCSC(=O)/C=C/CC(=O)[O-]. The summed E-state index contributed by atoms with van der Waals surface area (Å²) in [5, 5.41) is 35.9. The summed E-state index contributed by atoms with van der Waals surface area (Å²) in [6.45, 7) is -0.218. The molecule has 3 rings (SSSR count). The number of nitrogen functional groups attached to an aromatic ring is 1. The van der Waals surface area contributed by atoms with Crippen molar-refractivity contribution in [3.63, 3.8) is 0 Å². The van der Waals surface area contributed by atoms with E-state index in [1.807, 2.05) is 0 Å². The second-order valence-corrected chi connectivity index (χ2v) is 17.3. The number of aliphatic carboxylic acids is 1. The Kier molecular flexibility index (Phi) is 16.8. The molecule has 3 heterocycles. The van der Waals surface area contributed by atoms with Crippen LogP contribution in [0.1, 0.15) is 32.9 Å². The minimum atomic E-state index is -5.93. The molecule has 1 aliphatic rings. The number of imidazole rings is 1. The number of fused-ring (bicyclic) bond motifs is 1. The van der Waals surface area contributed by atoms with Gasteiger partial charge < -0.3 is 78.9 Å². The third-order valence-corrected chi connectivity index (χ3v) is 11.1. The molecule has 0 aliphatic carbocycles. The average Bonchev–Trinajstić information content (AvgIpc) is 3.64. The average molecular weight is 875 g/mol. The van der Waals surface area contributed by atoms with Gasteiger partial charge in [-0.2, -0.15) is 0 Å². The number of nitrogens with one attached hydrogen (secondary N) is 2. The summed E-state index contributed by atoms with van der Waals surface area (Å²) in [5.41, 5.74) is 4.00. The van der Waals surface area contributed by atoms with Crippen molar-refractivity contribution >= 4 is 75.1 Å². The highest BCUT2D eigenvalue weighted by atomic mass is 32.2. The van der Waals surface area contributed by atoms with Gasteiger partial charge in [0.05, 0.1) is 27.4 Å². The number of amides is 2. The van der Waals surface area contributed by atoms with Crippen molar-refractivity contribution < 1.29 is 90.4 Å². The quantitative estimate of drug-likeness (QED) is 0.0419. The Morgan fingerprint density at radius 3 is 2.43 bits per heavy atom. The molecule has 56 heavy (non-hydrogen) atoms. The van der Waals surface area contributed by atoms with Crippen LogP contribution in [0.15, 0.2) is 24.8 Å². The Morgan fingerprint density at radius 2 is 1.77 bits per heavy atom. The van der Waals surface area contributed by atoms with Crippen LogP contribution in [0, 0.1) is 5.41 Å². The zero-order valence-electron chi connectivity index (χ0n) is 29.1. The van der Waals surface area contributed by atoms with Gasteiger partial charge in [0.15, 0.2) is 17.7 Å². The summed E-state index contributed by atoms with van der Waals surface area (Å²) in [7, 11) is -17.6. The topological polar surface area (TPSA) is 415 Å². The van der Waals surface area contributed by atoms with Gasteiger partial charge >= 0.3 is 0 Å². The number of carboxylic acids is 1. The van der Waals surface area contributed by atoms with Gasteiger partial charge in [-0.3, -0.25) is 28.1 Å². The number of anilines is 1. The fourth-order valence-electron chi connectivity index (χ4n) is 4.56. The number of thioether (sulfide) groups is 1. The van der Waals surface area contributed by atoms with Gasteiger partial charge in [-0.05, 0) is 6.08 Å². The van der Waals surface area contributed by atoms with Crippen molar-refractivity contribution in [1.82, 2.24) is 30.2 Å². The Morgan fingerprint density at radius 1 is 1.09 bits per heavy atom. The first-order valence-electron chi connectivity index (χ1n) is 15.8. The predicted octanol–water partition coefficient (Wildman–Crippen LogP) is -5.17. The van der Waals surface area contributed by atoms with Crippen LogP contribution in [0.25, 0.3) is 11.2 Å². The number of carbonyl (C=O) groups excluding carboxylic acids is 4. The van der Waals surface area contributed by atoms with Crippen LogP contribution in [0.3, 0.4) is 0 Å². The number of aliphatic hydroxyl groups is 2. The van der Waals surface area contributed by atoms with Crippen LogP contribution in [0.2, 0.25) is 0 Å². The molecule has 1 saturated heterocycles. The number of phosphoric acid groups is 3. The summed E-state index contributed by atoms with van der Waals surface area (Å²) >= 11 is 0.810. The Labute approximate surface area is 320 Å². The highest BCUT2D eigenvalue weighted by Gasteiger charge is 2.47. The molecule has 0 aromatic carbocycles. The monoisotopic (exact) mass is 874 g/mol. The van der Waals surface area contributed by atoms with E-state index < -0.39 is 102 Å². The lowest BCUT2D eigenvalue weighted by Gasteiger charge is -2.36. The Bertz CT molecular complexity index is 1910. The first-order chi connectivity index (χ1) is 25.9. The van der Waals surface area contributed by atoms with Gasteiger partial charge in [-0.15, -0.1) is 0 Å². The number of rotatable bonds is 22. The lowest BCUT2D eigenvalue weighted by atomic mass is 9.87. The molecule has 1 fully saturated rings. The first kappa shape index (κ1) is 47.1. The maximum absolute atomic E-state index is 12.5.